The Bertz CT molecular complexity index is 998. The first kappa shape index (κ1) is 17.7. The predicted molar refractivity (Wildman–Crippen MR) is 91.5 cm³/mol. The van der Waals surface area contributed by atoms with E-state index in [1.54, 1.807) is 22.8 Å². The molecule has 0 saturated carbocycles. The van der Waals surface area contributed by atoms with Gasteiger partial charge >= 0.3 is 12.1 Å². The van der Waals surface area contributed by atoms with Gasteiger partial charge in [0.2, 0.25) is 0 Å². The normalized spacial score (nSPS) is 17.5. The second-order valence-electron chi connectivity index (χ2n) is 6.46. The number of oxazole rings is 1. The monoisotopic (exact) mass is 379 g/mol. The first-order valence-electron chi connectivity index (χ1n) is 8.46. The van der Waals surface area contributed by atoms with Crippen LogP contribution in [0.5, 0.6) is 5.75 Å². The zero-order valence-electron chi connectivity index (χ0n) is 14.2. The fourth-order valence-electron chi connectivity index (χ4n) is 3.25. The van der Waals surface area contributed by atoms with Gasteiger partial charge in [0.25, 0.3) is 0 Å². The van der Waals surface area contributed by atoms with Gasteiger partial charge in [-0.15, -0.1) is 13.2 Å². The van der Waals surface area contributed by atoms with E-state index >= 15 is 0 Å². The quantitative estimate of drug-likeness (QED) is 0.682. The van der Waals surface area contributed by atoms with Crippen LogP contribution in [0, 0.1) is 5.92 Å². The SMILES string of the molecule is O=c1oc2ccc(-c3ccc(OC(F)(F)F)cc3)cc2n1CC1CCOC1. The maximum atomic E-state index is 12.3. The summed E-state index contributed by atoms with van der Waals surface area (Å²) < 4.78 is 53.0. The maximum absolute atomic E-state index is 12.3. The van der Waals surface area contributed by atoms with Crippen molar-refractivity contribution in [3.8, 4) is 16.9 Å². The topological polar surface area (TPSA) is 53.6 Å². The van der Waals surface area contributed by atoms with Crippen LogP contribution < -0.4 is 10.5 Å². The third kappa shape index (κ3) is 3.85. The summed E-state index contributed by atoms with van der Waals surface area (Å²) in [5.74, 6) is -0.456. The van der Waals surface area contributed by atoms with E-state index in [0.717, 1.165) is 12.0 Å². The Hall–Kier alpha value is -2.74. The number of hydrogen-bond acceptors (Lipinski definition) is 4. The second-order valence-corrected chi connectivity index (χ2v) is 6.46. The Morgan fingerprint density at radius 1 is 1.11 bits per heavy atom. The van der Waals surface area contributed by atoms with E-state index < -0.39 is 12.1 Å². The molecule has 8 heteroatoms. The molecule has 1 aliphatic heterocycles. The van der Waals surface area contributed by atoms with Crippen molar-refractivity contribution in [2.24, 2.45) is 5.92 Å². The molecule has 1 fully saturated rings. The number of aromatic nitrogens is 1. The maximum Gasteiger partial charge on any atom is 0.573 e. The summed E-state index contributed by atoms with van der Waals surface area (Å²) in [6.45, 7) is 1.81. The highest BCUT2D eigenvalue weighted by molar-refractivity contribution is 5.80. The van der Waals surface area contributed by atoms with Gasteiger partial charge in [0, 0.05) is 19.1 Å². The van der Waals surface area contributed by atoms with Crippen LogP contribution in [0.1, 0.15) is 6.42 Å². The molecule has 2 heterocycles. The molecule has 0 aliphatic carbocycles. The molecule has 0 amide bonds. The first-order valence-corrected chi connectivity index (χ1v) is 8.46. The zero-order chi connectivity index (χ0) is 19.0. The second kappa shape index (κ2) is 6.77. The number of hydrogen-bond donors (Lipinski definition) is 0. The van der Waals surface area contributed by atoms with Gasteiger partial charge in [-0.3, -0.25) is 4.57 Å². The van der Waals surface area contributed by atoms with Crippen molar-refractivity contribution < 1.29 is 27.1 Å². The van der Waals surface area contributed by atoms with Gasteiger partial charge in [-0.25, -0.2) is 4.79 Å². The molecule has 1 aromatic heterocycles. The minimum atomic E-state index is -4.72. The summed E-state index contributed by atoms with van der Waals surface area (Å²) >= 11 is 0. The molecule has 0 bridgehead atoms. The highest BCUT2D eigenvalue weighted by atomic mass is 19.4. The highest BCUT2D eigenvalue weighted by Gasteiger charge is 2.31. The molecule has 2 aromatic carbocycles. The average Bonchev–Trinajstić information content (AvgIpc) is 3.23. The van der Waals surface area contributed by atoms with E-state index in [1.807, 2.05) is 0 Å². The van der Waals surface area contributed by atoms with Crippen molar-refractivity contribution in [1.82, 2.24) is 4.57 Å². The molecule has 0 N–H and O–H groups in total. The summed E-state index contributed by atoms with van der Waals surface area (Å²) in [5, 5.41) is 0. The number of halogens is 3. The third-order valence-corrected chi connectivity index (χ3v) is 4.55. The Labute approximate surface area is 151 Å². The van der Waals surface area contributed by atoms with E-state index in [0.29, 0.717) is 36.4 Å². The Morgan fingerprint density at radius 2 is 1.85 bits per heavy atom. The Balaban J connectivity index is 1.65. The number of benzene rings is 2. The third-order valence-electron chi connectivity index (χ3n) is 4.55. The smallest absolute Gasteiger partial charge is 0.408 e. The van der Waals surface area contributed by atoms with E-state index in [2.05, 4.69) is 4.74 Å². The molecule has 1 saturated heterocycles. The van der Waals surface area contributed by atoms with Crippen LogP contribution in [0.2, 0.25) is 0 Å². The molecule has 0 spiro atoms. The summed E-state index contributed by atoms with van der Waals surface area (Å²) in [6.07, 6.45) is -3.84. The number of rotatable bonds is 4. The number of ether oxygens (including phenoxy) is 2. The average molecular weight is 379 g/mol. The van der Waals surface area contributed by atoms with Crippen LogP contribution in [0.25, 0.3) is 22.2 Å². The van der Waals surface area contributed by atoms with E-state index in [1.165, 1.54) is 24.3 Å². The number of nitrogens with zero attached hydrogens (tertiary/aromatic N) is 1. The van der Waals surface area contributed by atoms with Crippen molar-refractivity contribution in [3.63, 3.8) is 0 Å². The van der Waals surface area contributed by atoms with Crippen LogP contribution in [-0.4, -0.2) is 24.1 Å². The molecular weight excluding hydrogens is 363 g/mol. The lowest BCUT2D eigenvalue weighted by atomic mass is 10.0. The fourth-order valence-corrected chi connectivity index (χ4v) is 3.25. The lowest BCUT2D eigenvalue weighted by Gasteiger charge is -2.10. The molecule has 5 nitrogen and oxygen atoms in total. The van der Waals surface area contributed by atoms with Crippen molar-refractivity contribution >= 4 is 11.1 Å². The number of alkyl halides is 3. The minimum absolute atomic E-state index is 0.256. The highest BCUT2D eigenvalue weighted by Crippen LogP contribution is 2.29. The van der Waals surface area contributed by atoms with Gasteiger partial charge in [0.15, 0.2) is 5.58 Å². The zero-order valence-corrected chi connectivity index (χ0v) is 14.2. The Kier molecular flexibility index (Phi) is 4.43. The molecule has 1 unspecified atom stereocenters. The lowest BCUT2D eigenvalue weighted by Crippen LogP contribution is -2.20. The predicted octanol–water partition coefficient (Wildman–Crippen LogP) is 4.20. The van der Waals surface area contributed by atoms with E-state index in [4.69, 9.17) is 9.15 Å². The minimum Gasteiger partial charge on any atom is -0.408 e. The molecule has 0 radical (unpaired) electrons. The van der Waals surface area contributed by atoms with Crippen LogP contribution in [0.3, 0.4) is 0 Å². The van der Waals surface area contributed by atoms with Crippen molar-refractivity contribution in [3.05, 3.63) is 53.0 Å². The molecule has 1 atom stereocenters. The molecule has 3 aromatic rings. The van der Waals surface area contributed by atoms with Crippen molar-refractivity contribution in [1.29, 1.82) is 0 Å². The molecule has 142 valence electrons. The standard InChI is InChI=1S/C19H16F3NO4/c20-19(21,22)27-15-4-1-13(2-5-15)14-3-6-17-16(9-14)23(18(24)26-17)10-12-7-8-25-11-12/h1-6,9,12H,7-8,10-11H2. The Morgan fingerprint density at radius 3 is 2.52 bits per heavy atom. The van der Waals surface area contributed by atoms with Crippen LogP contribution in [0.4, 0.5) is 13.2 Å². The van der Waals surface area contributed by atoms with Crippen molar-refractivity contribution in [2.45, 2.75) is 19.3 Å². The molecular formula is C19H16F3NO4. The lowest BCUT2D eigenvalue weighted by molar-refractivity contribution is -0.274. The largest absolute Gasteiger partial charge is 0.573 e. The first-order chi connectivity index (χ1) is 12.9. The van der Waals surface area contributed by atoms with Crippen LogP contribution in [-0.2, 0) is 11.3 Å². The van der Waals surface area contributed by atoms with Gasteiger partial charge in [0.05, 0.1) is 12.1 Å². The van der Waals surface area contributed by atoms with Crippen LogP contribution >= 0.6 is 0 Å². The number of fused-ring (bicyclic) bond motifs is 1. The van der Waals surface area contributed by atoms with E-state index in [9.17, 15) is 18.0 Å². The summed E-state index contributed by atoms with van der Waals surface area (Å²) in [6, 6.07) is 10.8. The van der Waals surface area contributed by atoms with Gasteiger partial charge < -0.3 is 13.9 Å². The van der Waals surface area contributed by atoms with Gasteiger partial charge in [-0.05, 0) is 41.8 Å². The molecule has 1 aliphatic rings. The van der Waals surface area contributed by atoms with Crippen LogP contribution in [0.15, 0.2) is 51.7 Å². The van der Waals surface area contributed by atoms with E-state index in [-0.39, 0.29) is 11.7 Å². The fraction of sp³-hybridized carbons (Fsp3) is 0.316. The van der Waals surface area contributed by atoms with Crippen molar-refractivity contribution in [2.75, 3.05) is 13.2 Å². The van der Waals surface area contributed by atoms with Gasteiger partial charge in [-0.1, -0.05) is 18.2 Å². The molecule has 4 rings (SSSR count). The van der Waals surface area contributed by atoms with Gasteiger partial charge in [0.1, 0.15) is 5.75 Å². The summed E-state index contributed by atoms with van der Waals surface area (Å²) in [7, 11) is 0. The summed E-state index contributed by atoms with van der Waals surface area (Å²) in [5.41, 5.74) is 2.59. The summed E-state index contributed by atoms with van der Waals surface area (Å²) in [4.78, 5) is 12.2. The van der Waals surface area contributed by atoms with Gasteiger partial charge in [-0.2, -0.15) is 0 Å². The molecule has 27 heavy (non-hydrogen) atoms.